The average molecular weight is 230 g/mol. The van der Waals surface area contributed by atoms with Crippen LogP contribution in [0.5, 0.6) is 5.75 Å². The largest absolute Gasteiger partial charge is 0.652 e. The summed E-state index contributed by atoms with van der Waals surface area (Å²) in [7, 11) is 0. The molecule has 8 heteroatoms. The van der Waals surface area contributed by atoms with Crippen LogP contribution in [0.15, 0.2) is 30.3 Å². The van der Waals surface area contributed by atoms with Crippen LogP contribution < -0.4 is 25.3 Å². The Hall–Kier alpha value is -2.48. The second-order valence-electron chi connectivity index (χ2n) is 1.90. The van der Waals surface area contributed by atoms with Crippen LogP contribution >= 0.6 is 0 Å². The van der Waals surface area contributed by atoms with Crippen molar-refractivity contribution >= 4 is 12.3 Å². The number of para-hydroxylation sites is 1. The third kappa shape index (κ3) is 22.5. The standard InChI is InChI=1S/C6H6O2.2CH2O3/c7-8-6-4-2-1-3-5-6;2*2-1(3)4/h1-5,7H;2*(H2,2,3,4)/p-4. The molecule has 0 saturated heterocycles. The lowest BCUT2D eigenvalue weighted by Crippen LogP contribution is -2.37. The molecular formula is C8H6O8-4. The van der Waals surface area contributed by atoms with Crippen molar-refractivity contribution in [3.63, 3.8) is 0 Å². The molecule has 8 nitrogen and oxygen atoms in total. The molecular weight excluding hydrogens is 224 g/mol. The monoisotopic (exact) mass is 230 g/mol. The maximum Gasteiger partial charge on any atom is 0.165 e. The van der Waals surface area contributed by atoms with E-state index in [1.807, 2.05) is 6.07 Å². The van der Waals surface area contributed by atoms with E-state index >= 15 is 0 Å². The molecule has 1 N–H and O–H groups in total. The lowest BCUT2D eigenvalue weighted by Gasteiger charge is -1.96. The molecule has 0 spiro atoms. The van der Waals surface area contributed by atoms with Crippen LogP contribution in [-0.4, -0.2) is 17.6 Å². The molecule has 0 aliphatic rings. The highest BCUT2D eigenvalue weighted by Crippen LogP contribution is 2.05. The number of carbonyl (C=O) groups is 2. The molecule has 0 aliphatic carbocycles. The summed E-state index contributed by atoms with van der Waals surface area (Å²) >= 11 is 0. The second kappa shape index (κ2) is 10.6. The smallest absolute Gasteiger partial charge is 0.165 e. The Morgan fingerprint density at radius 2 is 1.25 bits per heavy atom. The molecule has 1 aromatic rings. The van der Waals surface area contributed by atoms with Crippen LogP contribution in [0.1, 0.15) is 0 Å². The van der Waals surface area contributed by atoms with Gasteiger partial charge in [-0.3, -0.25) is 0 Å². The zero-order valence-corrected chi connectivity index (χ0v) is 7.69. The minimum atomic E-state index is -2.33. The summed E-state index contributed by atoms with van der Waals surface area (Å²) in [4.78, 5) is 20.6. The lowest BCUT2D eigenvalue weighted by molar-refractivity contribution is -0.417. The SMILES string of the molecule is O=C([O-])[O-].O=C([O-])[O-].OOc1ccccc1. The Labute approximate surface area is 89.5 Å². The Bertz CT molecular complexity index is 276. The predicted molar refractivity (Wildman–Crippen MR) is 40.5 cm³/mol. The molecule has 0 bridgehead atoms. The van der Waals surface area contributed by atoms with Gasteiger partial charge in [-0.2, -0.15) is 0 Å². The van der Waals surface area contributed by atoms with Crippen molar-refractivity contribution in [2.45, 2.75) is 0 Å². The predicted octanol–water partition coefficient (Wildman–Crippen LogP) is -3.36. The minimum Gasteiger partial charge on any atom is -0.652 e. The molecule has 16 heavy (non-hydrogen) atoms. The average Bonchev–Trinajstić information content (AvgIpc) is 2.17. The van der Waals surface area contributed by atoms with E-state index in [4.69, 9.17) is 35.3 Å². The van der Waals surface area contributed by atoms with Crippen LogP contribution in [0.2, 0.25) is 0 Å². The van der Waals surface area contributed by atoms with E-state index in [1.54, 1.807) is 24.3 Å². The topological polar surface area (TPSA) is 156 Å². The van der Waals surface area contributed by atoms with Gasteiger partial charge in [0.1, 0.15) is 0 Å². The van der Waals surface area contributed by atoms with Crippen molar-refractivity contribution in [1.82, 2.24) is 0 Å². The van der Waals surface area contributed by atoms with E-state index in [0.717, 1.165) is 0 Å². The van der Waals surface area contributed by atoms with Crippen molar-refractivity contribution in [1.29, 1.82) is 0 Å². The zero-order chi connectivity index (χ0) is 13.0. The van der Waals surface area contributed by atoms with Gasteiger partial charge in [0.15, 0.2) is 5.75 Å². The third-order valence-corrected chi connectivity index (χ3v) is 0.849. The van der Waals surface area contributed by atoms with Gasteiger partial charge in [0, 0.05) is 0 Å². The van der Waals surface area contributed by atoms with E-state index in [9.17, 15) is 0 Å². The third-order valence-electron chi connectivity index (χ3n) is 0.849. The molecule has 0 unspecified atom stereocenters. The number of carboxylic acid groups (broad SMARTS) is 4. The highest BCUT2D eigenvalue weighted by molar-refractivity contribution is 5.47. The summed E-state index contributed by atoms with van der Waals surface area (Å²) < 4.78 is 0. The minimum absolute atomic E-state index is 0.465. The Morgan fingerprint density at radius 3 is 1.44 bits per heavy atom. The molecule has 0 heterocycles. The van der Waals surface area contributed by atoms with E-state index in [2.05, 4.69) is 4.89 Å². The van der Waals surface area contributed by atoms with Gasteiger partial charge in [0.25, 0.3) is 0 Å². The molecule has 0 radical (unpaired) electrons. The van der Waals surface area contributed by atoms with E-state index < -0.39 is 12.3 Å². The van der Waals surface area contributed by atoms with Gasteiger partial charge < -0.3 is 34.9 Å². The van der Waals surface area contributed by atoms with Gasteiger partial charge in [-0.25, -0.2) is 5.26 Å². The fourth-order valence-electron chi connectivity index (χ4n) is 0.481. The van der Waals surface area contributed by atoms with Crippen molar-refractivity contribution < 1.29 is 40.2 Å². The number of rotatable bonds is 1. The molecule has 0 aromatic heterocycles. The number of hydrogen-bond donors (Lipinski definition) is 1. The molecule has 0 fully saturated rings. The number of benzene rings is 1. The molecule has 1 aromatic carbocycles. The summed E-state index contributed by atoms with van der Waals surface area (Å²) in [6.07, 6.45) is -4.67. The lowest BCUT2D eigenvalue weighted by atomic mass is 10.3. The van der Waals surface area contributed by atoms with Crippen LogP contribution in [0.4, 0.5) is 9.59 Å². The quantitative estimate of drug-likeness (QED) is 0.387. The number of carbonyl (C=O) groups excluding carboxylic acids is 2. The van der Waals surface area contributed by atoms with Crippen molar-refractivity contribution in [2.24, 2.45) is 0 Å². The second-order valence-corrected chi connectivity index (χ2v) is 1.90. The van der Waals surface area contributed by atoms with Gasteiger partial charge in [-0.15, -0.1) is 0 Å². The summed E-state index contributed by atoms with van der Waals surface area (Å²) in [5.74, 6) is 0.465. The van der Waals surface area contributed by atoms with Crippen molar-refractivity contribution in [3.8, 4) is 5.75 Å². The highest BCUT2D eigenvalue weighted by Gasteiger charge is 1.82. The maximum absolute atomic E-state index is 8.33. The number of hydrogen-bond acceptors (Lipinski definition) is 8. The molecule has 0 aliphatic heterocycles. The summed E-state index contributed by atoms with van der Waals surface area (Å²) in [5, 5.41) is 41.4. The molecule has 0 atom stereocenters. The van der Waals surface area contributed by atoms with Crippen LogP contribution in [0.3, 0.4) is 0 Å². The van der Waals surface area contributed by atoms with Crippen LogP contribution in [0.25, 0.3) is 0 Å². The van der Waals surface area contributed by atoms with E-state index in [0.29, 0.717) is 5.75 Å². The fraction of sp³-hybridized carbons (Fsp3) is 0. The fourth-order valence-corrected chi connectivity index (χ4v) is 0.481. The van der Waals surface area contributed by atoms with Gasteiger partial charge in [0.05, 0.1) is 0 Å². The maximum atomic E-state index is 8.33. The molecule has 0 saturated carbocycles. The van der Waals surface area contributed by atoms with Gasteiger partial charge in [-0.1, -0.05) is 18.2 Å². The normalized spacial score (nSPS) is 7.31. The first-order valence-corrected chi connectivity index (χ1v) is 3.52. The van der Waals surface area contributed by atoms with Crippen molar-refractivity contribution in [2.75, 3.05) is 0 Å². The Kier molecular flexibility index (Phi) is 10.6. The Balaban J connectivity index is 0. The molecule has 1 rings (SSSR count). The summed E-state index contributed by atoms with van der Waals surface area (Å²) in [6.45, 7) is 0. The van der Waals surface area contributed by atoms with Gasteiger partial charge in [-0.05, 0) is 24.4 Å². The first-order valence-electron chi connectivity index (χ1n) is 3.52. The first-order chi connectivity index (χ1) is 7.40. The van der Waals surface area contributed by atoms with Gasteiger partial charge >= 0.3 is 0 Å². The van der Waals surface area contributed by atoms with E-state index in [-0.39, 0.29) is 0 Å². The summed E-state index contributed by atoms with van der Waals surface area (Å²) in [5.41, 5.74) is 0. The first kappa shape index (κ1) is 16.0. The van der Waals surface area contributed by atoms with Gasteiger partial charge in [0.2, 0.25) is 0 Å². The highest BCUT2D eigenvalue weighted by atomic mass is 17.1. The summed E-state index contributed by atoms with van der Waals surface area (Å²) in [6, 6.07) is 8.75. The molecule has 90 valence electrons. The van der Waals surface area contributed by atoms with Crippen LogP contribution in [0, 0.1) is 0 Å². The molecule has 0 amide bonds. The zero-order valence-electron chi connectivity index (χ0n) is 7.69. The van der Waals surface area contributed by atoms with Crippen molar-refractivity contribution in [3.05, 3.63) is 30.3 Å². The Morgan fingerprint density at radius 1 is 0.938 bits per heavy atom. The van der Waals surface area contributed by atoms with E-state index in [1.165, 1.54) is 0 Å². The van der Waals surface area contributed by atoms with Crippen LogP contribution in [-0.2, 0) is 0 Å².